The van der Waals surface area contributed by atoms with E-state index in [0.717, 1.165) is 12.8 Å². The Morgan fingerprint density at radius 3 is 2.21 bits per heavy atom. The highest BCUT2D eigenvalue weighted by Crippen LogP contribution is 1.90. The van der Waals surface area contributed by atoms with Gasteiger partial charge in [-0.3, -0.25) is 0 Å². The van der Waals surface area contributed by atoms with Crippen LogP contribution in [0, 0.1) is 11.3 Å². The monoisotopic (exact) mass is 201 g/mol. The van der Waals surface area contributed by atoms with E-state index in [1.807, 2.05) is 0 Å². The maximum atomic E-state index is 8.25. The van der Waals surface area contributed by atoms with Crippen molar-refractivity contribution >= 4 is 0 Å². The number of ether oxygens (including phenoxy) is 3. The fourth-order valence-corrected chi connectivity index (χ4v) is 0.863. The third-order valence-electron chi connectivity index (χ3n) is 1.59. The Morgan fingerprint density at radius 1 is 0.929 bits per heavy atom. The van der Waals surface area contributed by atoms with E-state index >= 15 is 0 Å². The van der Waals surface area contributed by atoms with Crippen molar-refractivity contribution in [1.29, 1.82) is 5.26 Å². The van der Waals surface area contributed by atoms with Gasteiger partial charge in [-0.05, 0) is 12.8 Å². The van der Waals surface area contributed by atoms with Crippen molar-refractivity contribution in [2.75, 3.05) is 40.1 Å². The molecule has 0 atom stereocenters. The summed E-state index contributed by atoms with van der Waals surface area (Å²) in [4.78, 5) is 0. The van der Waals surface area contributed by atoms with Crippen LogP contribution in [0.3, 0.4) is 0 Å². The number of unbranched alkanes of at least 4 members (excludes halogenated alkanes) is 1. The van der Waals surface area contributed by atoms with Crippen molar-refractivity contribution in [3.8, 4) is 6.07 Å². The van der Waals surface area contributed by atoms with Gasteiger partial charge in [-0.25, -0.2) is 0 Å². The van der Waals surface area contributed by atoms with Crippen LogP contribution >= 0.6 is 0 Å². The quantitative estimate of drug-likeness (QED) is 0.501. The Labute approximate surface area is 85.8 Å². The lowest BCUT2D eigenvalue weighted by atomic mass is 10.3. The summed E-state index contributed by atoms with van der Waals surface area (Å²) in [6.45, 7) is 3.37. The Kier molecular flexibility index (Phi) is 11.8. The van der Waals surface area contributed by atoms with Gasteiger partial charge >= 0.3 is 0 Å². The van der Waals surface area contributed by atoms with E-state index < -0.39 is 0 Å². The molecule has 14 heavy (non-hydrogen) atoms. The first kappa shape index (κ1) is 13.4. The molecule has 82 valence electrons. The lowest BCUT2D eigenvalue weighted by Crippen LogP contribution is -2.06. The molecule has 0 saturated carbocycles. The fraction of sp³-hybridized carbons (Fsp3) is 0.900. The third-order valence-corrected chi connectivity index (χ3v) is 1.59. The standard InChI is InChI=1S/C10H19NO3/c1-12-9-10-14-8-4-7-13-6-3-2-5-11/h2-4,6-10H2,1H3. The molecule has 0 aliphatic carbocycles. The molecule has 0 radical (unpaired) electrons. The summed E-state index contributed by atoms with van der Waals surface area (Å²) in [5.74, 6) is 0. The van der Waals surface area contributed by atoms with Crippen LogP contribution in [0.1, 0.15) is 19.3 Å². The first-order valence-electron chi connectivity index (χ1n) is 4.93. The molecular weight excluding hydrogens is 182 g/mol. The summed E-state index contributed by atoms with van der Waals surface area (Å²) in [6, 6.07) is 2.07. The van der Waals surface area contributed by atoms with Gasteiger partial charge in [0.05, 0.1) is 19.3 Å². The number of nitrogens with zero attached hydrogens (tertiary/aromatic N) is 1. The molecule has 0 unspecified atom stereocenters. The highest BCUT2D eigenvalue weighted by atomic mass is 16.5. The smallest absolute Gasteiger partial charge is 0.0700 e. The molecule has 0 rings (SSSR count). The average Bonchev–Trinajstić information content (AvgIpc) is 2.21. The van der Waals surface area contributed by atoms with Gasteiger partial charge in [-0.15, -0.1) is 0 Å². The number of hydrogen-bond donors (Lipinski definition) is 0. The Bertz CT molecular complexity index is 145. The van der Waals surface area contributed by atoms with Crippen LogP contribution in [-0.2, 0) is 14.2 Å². The maximum Gasteiger partial charge on any atom is 0.0700 e. The van der Waals surface area contributed by atoms with E-state index in [0.29, 0.717) is 39.5 Å². The minimum atomic E-state index is 0.574. The summed E-state index contributed by atoms with van der Waals surface area (Å²) in [5, 5.41) is 8.25. The molecule has 4 heteroatoms. The first-order valence-corrected chi connectivity index (χ1v) is 4.93. The van der Waals surface area contributed by atoms with Crippen molar-refractivity contribution in [2.45, 2.75) is 19.3 Å². The number of hydrogen-bond acceptors (Lipinski definition) is 4. The van der Waals surface area contributed by atoms with Gasteiger partial charge in [-0.1, -0.05) is 0 Å². The second-order valence-corrected chi connectivity index (χ2v) is 2.83. The van der Waals surface area contributed by atoms with Gasteiger partial charge in [0.1, 0.15) is 0 Å². The zero-order valence-electron chi connectivity index (χ0n) is 8.83. The molecule has 0 amide bonds. The first-order chi connectivity index (χ1) is 6.91. The summed E-state index contributed by atoms with van der Waals surface area (Å²) in [7, 11) is 1.65. The van der Waals surface area contributed by atoms with Gasteiger partial charge in [0.25, 0.3) is 0 Å². The van der Waals surface area contributed by atoms with Crippen LogP contribution in [0.15, 0.2) is 0 Å². The fourth-order valence-electron chi connectivity index (χ4n) is 0.863. The summed E-state index contributed by atoms with van der Waals surface area (Å²) >= 11 is 0. The molecule has 0 aromatic carbocycles. The molecule has 0 saturated heterocycles. The Morgan fingerprint density at radius 2 is 1.57 bits per heavy atom. The number of nitriles is 1. The highest BCUT2D eigenvalue weighted by Gasteiger charge is 1.90. The Balaban J connectivity index is 2.82. The van der Waals surface area contributed by atoms with Crippen molar-refractivity contribution in [2.24, 2.45) is 0 Å². The van der Waals surface area contributed by atoms with E-state index in [2.05, 4.69) is 6.07 Å². The molecule has 0 aliphatic heterocycles. The van der Waals surface area contributed by atoms with E-state index in [-0.39, 0.29) is 0 Å². The van der Waals surface area contributed by atoms with Gasteiger partial charge in [-0.2, -0.15) is 5.26 Å². The molecule has 0 aromatic rings. The Hall–Kier alpha value is -0.630. The van der Waals surface area contributed by atoms with Gasteiger partial charge in [0.15, 0.2) is 0 Å². The molecule has 0 N–H and O–H groups in total. The van der Waals surface area contributed by atoms with Gasteiger partial charge in [0.2, 0.25) is 0 Å². The largest absolute Gasteiger partial charge is 0.382 e. The summed E-state index contributed by atoms with van der Waals surface area (Å²) in [6.07, 6.45) is 2.29. The second kappa shape index (κ2) is 12.4. The minimum Gasteiger partial charge on any atom is -0.382 e. The van der Waals surface area contributed by atoms with Crippen LogP contribution < -0.4 is 0 Å². The lowest BCUT2D eigenvalue weighted by molar-refractivity contribution is 0.0512. The molecule has 0 spiro atoms. The van der Waals surface area contributed by atoms with E-state index in [1.165, 1.54) is 0 Å². The SMILES string of the molecule is COCCOCCCOCCCC#N. The van der Waals surface area contributed by atoms with Crippen molar-refractivity contribution in [3.63, 3.8) is 0 Å². The molecule has 0 heterocycles. The van der Waals surface area contributed by atoms with Crippen LogP contribution in [0.25, 0.3) is 0 Å². The zero-order chi connectivity index (χ0) is 10.5. The second-order valence-electron chi connectivity index (χ2n) is 2.83. The molecule has 4 nitrogen and oxygen atoms in total. The highest BCUT2D eigenvalue weighted by molar-refractivity contribution is 4.67. The van der Waals surface area contributed by atoms with Crippen LogP contribution in [-0.4, -0.2) is 40.1 Å². The average molecular weight is 201 g/mol. The lowest BCUT2D eigenvalue weighted by Gasteiger charge is -2.04. The van der Waals surface area contributed by atoms with E-state index in [9.17, 15) is 0 Å². The van der Waals surface area contributed by atoms with Crippen LogP contribution in [0.2, 0.25) is 0 Å². The van der Waals surface area contributed by atoms with Crippen LogP contribution in [0.5, 0.6) is 0 Å². The summed E-state index contributed by atoms with van der Waals surface area (Å²) in [5.41, 5.74) is 0. The minimum absolute atomic E-state index is 0.574. The molecule has 0 aromatic heterocycles. The van der Waals surface area contributed by atoms with Crippen LogP contribution in [0.4, 0.5) is 0 Å². The molecule has 0 fully saturated rings. The molecule has 0 aliphatic rings. The molecule has 0 bridgehead atoms. The van der Waals surface area contributed by atoms with E-state index in [4.69, 9.17) is 19.5 Å². The van der Waals surface area contributed by atoms with Crippen molar-refractivity contribution in [1.82, 2.24) is 0 Å². The molecular formula is C10H19NO3. The van der Waals surface area contributed by atoms with E-state index in [1.54, 1.807) is 7.11 Å². The normalized spacial score (nSPS) is 10.0. The zero-order valence-corrected chi connectivity index (χ0v) is 8.83. The van der Waals surface area contributed by atoms with Crippen molar-refractivity contribution in [3.05, 3.63) is 0 Å². The maximum absolute atomic E-state index is 8.25. The predicted octanol–water partition coefficient (Wildman–Crippen LogP) is 1.36. The predicted molar refractivity (Wildman–Crippen MR) is 53.0 cm³/mol. The number of methoxy groups -OCH3 is 1. The summed E-state index contributed by atoms with van der Waals surface area (Å²) < 4.78 is 15.4. The topological polar surface area (TPSA) is 51.5 Å². The van der Waals surface area contributed by atoms with Gasteiger partial charge in [0, 0.05) is 33.4 Å². The van der Waals surface area contributed by atoms with Gasteiger partial charge < -0.3 is 14.2 Å². The third kappa shape index (κ3) is 11.4. The van der Waals surface area contributed by atoms with Crippen molar-refractivity contribution < 1.29 is 14.2 Å². The number of rotatable bonds is 10.